The zero-order chi connectivity index (χ0) is 16.9. The summed E-state index contributed by atoms with van der Waals surface area (Å²) < 4.78 is 5.25. The Morgan fingerprint density at radius 3 is 2.12 bits per heavy atom. The summed E-state index contributed by atoms with van der Waals surface area (Å²) in [6.45, 7) is 2.32. The first kappa shape index (κ1) is 16.5. The summed E-state index contributed by atoms with van der Waals surface area (Å²) in [5.74, 6) is -0.273. The molecule has 0 spiro atoms. The van der Waals surface area contributed by atoms with E-state index in [-0.39, 0.29) is 11.8 Å². The monoisotopic (exact) mass is 344 g/mol. The molecule has 0 saturated carbocycles. The first-order valence-corrected chi connectivity index (χ1v) is 8.05. The number of morpholine rings is 1. The zero-order valence-corrected chi connectivity index (χ0v) is 13.8. The predicted octanol–water partition coefficient (Wildman–Crippen LogP) is 3.06. The highest BCUT2D eigenvalue weighted by molar-refractivity contribution is 6.30. The lowest BCUT2D eigenvalue weighted by Crippen LogP contribution is -2.40. The Morgan fingerprint density at radius 1 is 0.917 bits per heavy atom. The van der Waals surface area contributed by atoms with Gasteiger partial charge in [0.1, 0.15) is 0 Å². The highest BCUT2D eigenvalue weighted by Crippen LogP contribution is 2.15. The van der Waals surface area contributed by atoms with Crippen LogP contribution < -0.4 is 5.32 Å². The number of nitrogens with zero attached hydrogens (tertiary/aromatic N) is 1. The van der Waals surface area contributed by atoms with E-state index in [2.05, 4.69) is 5.32 Å². The third-order valence-electron chi connectivity index (χ3n) is 3.79. The van der Waals surface area contributed by atoms with Crippen LogP contribution in [0, 0.1) is 0 Å². The highest BCUT2D eigenvalue weighted by atomic mass is 35.5. The van der Waals surface area contributed by atoms with Gasteiger partial charge in [-0.2, -0.15) is 0 Å². The van der Waals surface area contributed by atoms with Crippen LogP contribution in [0.15, 0.2) is 48.5 Å². The van der Waals surface area contributed by atoms with Crippen molar-refractivity contribution in [2.75, 3.05) is 31.6 Å². The Morgan fingerprint density at radius 2 is 1.50 bits per heavy atom. The maximum Gasteiger partial charge on any atom is 0.255 e. The number of anilines is 1. The number of carbonyl (C=O) groups is 2. The van der Waals surface area contributed by atoms with Gasteiger partial charge in [0.05, 0.1) is 13.2 Å². The molecule has 0 aromatic heterocycles. The van der Waals surface area contributed by atoms with E-state index in [1.54, 1.807) is 53.4 Å². The molecule has 1 N–H and O–H groups in total. The maximum atomic E-state index is 12.4. The third kappa shape index (κ3) is 3.93. The molecular formula is C18H17ClN2O3. The molecule has 1 aliphatic rings. The van der Waals surface area contributed by atoms with Crippen molar-refractivity contribution in [3.63, 3.8) is 0 Å². The fourth-order valence-corrected chi connectivity index (χ4v) is 2.58. The topological polar surface area (TPSA) is 58.6 Å². The van der Waals surface area contributed by atoms with E-state index in [1.165, 1.54) is 0 Å². The molecule has 1 fully saturated rings. The smallest absolute Gasteiger partial charge is 0.255 e. The van der Waals surface area contributed by atoms with Crippen molar-refractivity contribution >= 4 is 29.1 Å². The summed E-state index contributed by atoms with van der Waals surface area (Å²) >= 11 is 5.82. The van der Waals surface area contributed by atoms with Crippen LogP contribution in [-0.2, 0) is 4.74 Å². The molecule has 2 amide bonds. The lowest BCUT2D eigenvalue weighted by molar-refractivity contribution is 0.0303. The molecular weight excluding hydrogens is 328 g/mol. The van der Waals surface area contributed by atoms with Crippen LogP contribution in [0.4, 0.5) is 5.69 Å². The summed E-state index contributed by atoms with van der Waals surface area (Å²) in [5.41, 5.74) is 1.72. The quantitative estimate of drug-likeness (QED) is 0.931. The van der Waals surface area contributed by atoms with Crippen LogP contribution in [0.3, 0.4) is 0 Å². The molecule has 0 radical (unpaired) electrons. The lowest BCUT2D eigenvalue weighted by atomic mass is 10.1. The largest absolute Gasteiger partial charge is 0.378 e. The maximum absolute atomic E-state index is 12.4. The van der Waals surface area contributed by atoms with Crippen LogP contribution in [0.1, 0.15) is 20.7 Å². The van der Waals surface area contributed by atoms with Crippen molar-refractivity contribution in [2.45, 2.75) is 0 Å². The second-order valence-corrected chi connectivity index (χ2v) is 5.88. The molecule has 0 aliphatic carbocycles. The highest BCUT2D eigenvalue weighted by Gasteiger charge is 2.18. The molecule has 1 saturated heterocycles. The van der Waals surface area contributed by atoms with Gasteiger partial charge >= 0.3 is 0 Å². The Hall–Kier alpha value is -2.37. The molecule has 1 heterocycles. The fraction of sp³-hybridized carbons (Fsp3) is 0.222. The Balaban J connectivity index is 1.66. The molecule has 6 heteroatoms. The summed E-state index contributed by atoms with van der Waals surface area (Å²) in [5, 5.41) is 3.40. The lowest BCUT2D eigenvalue weighted by Gasteiger charge is -2.26. The van der Waals surface area contributed by atoms with Crippen LogP contribution in [0.2, 0.25) is 5.02 Å². The number of benzene rings is 2. The number of amides is 2. The van der Waals surface area contributed by atoms with Crippen LogP contribution in [0.25, 0.3) is 0 Å². The van der Waals surface area contributed by atoms with Gasteiger partial charge < -0.3 is 15.0 Å². The van der Waals surface area contributed by atoms with Gasteiger partial charge in [-0.1, -0.05) is 11.6 Å². The molecule has 0 unspecified atom stereocenters. The molecule has 2 aromatic carbocycles. The minimum Gasteiger partial charge on any atom is -0.378 e. The molecule has 1 aliphatic heterocycles. The van der Waals surface area contributed by atoms with Gasteiger partial charge in [-0.15, -0.1) is 0 Å². The van der Waals surface area contributed by atoms with E-state index in [0.29, 0.717) is 48.1 Å². The van der Waals surface area contributed by atoms with Crippen molar-refractivity contribution in [2.24, 2.45) is 0 Å². The zero-order valence-electron chi connectivity index (χ0n) is 13.0. The van der Waals surface area contributed by atoms with Gasteiger partial charge in [-0.25, -0.2) is 0 Å². The average Bonchev–Trinajstić information content (AvgIpc) is 2.64. The van der Waals surface area contributed by atoms with Gasteiger partial charge in [0.15, 0.2) is 0 Å². The average molecular weight is 345 g/mol. The molecule has 3 rings (SSSR count). The number of hydrogen-bond donors (Lipinski definition) is 1. The van der Waals surface area contributed by atoms with E-state index in [0.717, 1.165) is 0 Å². The van der Waals surface area contributed by atoms with E-state index in [1.807, 2.05) is 0 Å². The van der Waals surface area contributed by atoms with Gasteiger partial charge in [0.2, 0.25) is 0 Å². The normalized spacial score (nSPS) is 14.3. The SMILES string of the molecule is O=C(Nc1ccc(Cl)cc1)c1ccc(C(=O)N2CCOCC2)cc1. The van der Waals surface area contributed by atoms with Crippen molar-refractivity contribution in [3.05, 3.63) is 64.7 Å². The van der Waals surface area contributed by atoms with Crippen LogP contribution in [-0.4, -0.2) is 43.0 Å². The Kier molecular flexibility index (Phi) is 5.13. The first-order valence-electron chi connectivity index (χ1n) is 7.67. The van der Waals surface area contributed by atoms with Crippen molar-refractivity contribution in [1.82, 2.24) is 4.90 Å². The Bertz CT molecular complexity index is 723. The van der Waals surface area contributed by atoms with E-state index in [9.17, 15) is 9.59 Å². The minimum absolute atomic E-state index is 0.0389. The molecule has 24 heavy (non-hydrogen) atoms. The van der Waals surface area contributed by atoms with E-state index < -0.39 is 0 Å². The Labute approximate surface area is 145 Å². The second kappa shape index (κ2) is 7.47. The standard InChI is InChI=1S/C18H17ClN2O3/c19-15-5-7-16(8-6-15)20-17(22)13-1-3-14(4-2-13)18(23)21-9-11-24-12-10-21/h1-8H,9-12H2,(H,20,22). The van der Waals surface area contributed by atoms with E-state index in [4.69, 9.17) is 16.3 Å². The van der Waals surface area contributed by atoms with Gasteiger partial charge in [0.25, 0.3) is 11.8 Å². The van der Waals surface area contributed by atoms with Crippen molar-refractivity contribution < 1.29 is 14.3 Å². The fourth-order valence-electron chi connectivity index (χ4n) is 2.45. The minimum atomic E-state index is -0.234. The van der Waals surface area contributed by atoms with Crippen LogP contribution in [0.5, 0.6) is 0 Å². The number of hydrogen-bond acceptors (Lipinski definition) is 3. The number of halogens is 1. The first-order chi connectivity index (χ1) is 11.6. The molecule has 2 aromatic rings. The predicted molar refractivity (Wildman–Crippen MR) is 92.6 cm³/mol. The number of carbonyl (C=O) groups excluding carboxylic acids is 2. The molecule has 0 bridgehead atoms. The number of nitrogens with one attached hydrogen (secondary N) is 1. The number of rotatable bonds is 3. The van der Waals surface area contributed by atoms with E-state index >= 15 is 0 Å². The number of ether oxygens (including phenoxy) is 1. The van der Waals surface area contributed by atoms with Crippen molar-refractivity contribution in [1.29, 1.82) is 0 Å². The van der Waals surface area contributed by atoms with Gasteiger partial charge in [-0.3, -0.25) is 9.59 Å². The molecule has 5 nitrogen and oxygen atoms in total. The van der Waals surface area contributed by atoms with Crippen LogP contribution >= 0.6 is 11.6 Å². The summed E-state index contributed by atoms with van der Waals surface area (Å²) in [7, 11) is 0. The summed E-state index contributed by atoms with van der Waals surface area (Å²) in [4.78, 5) is 26.3. The molecule has 0 atom stereocenters. The van der Waals surface area contributed by atoms with Gasteiger partial charge in [-0.05, 0) is 48.5 Å². The second-order valence-electron chi connectivity index (χ2n) is 5.44. The summed E-state index contributed by atoms with van der Waals surface area (Å²) in [6, 6.07) is 13.5. The molecule has 124 valence electrons. The summed E-state index contributed by atoms with van der Waals surface area (Å²) in [6.07, 6.45) is 0. The van der Waals surface area contributed by atoms with Crippen molar-refractivity contribution in [3.8, 4) is 0 Å². The third-order valence-corrected chi connectivity index (χ3v) is 4.05. The van der Waals surface area contributed by atoms with Gasteiger partial charge in [0, 0.05) is 34.9 Å².